The van der Waals surface area contributed by atoms with Crippen LogP contribution in [-0.2, 0) is 16.0 Å². The molecule has 1 aliphatic rings. The van der Waals surface area contributed by atoms with Crippen LogP contribution in [0.5, 0.6) is 11.5 Å². The second-order valence-electron chi connectivity index (χ2n) is 7.37. The molecule has 0 saturated heterocycles. The summed E-state index contributed by atoms with van der Waals surface area (Å²) in [6, 6.07) is 13.5. The lowest BCUT2D eigenvalue weighted by atomic mass is 10.2. The lowest BCUT2D eigenvalue weighted by Gasteiger charge is -2.30. The molecule has 0 atom stereocenters. The fraction of sp³-hybridized carbons (Fsp3) is 0.417. The maximum Gasteiger partial charge on any atom is 0.265 e. The zero-order valence-corrected chi connectivity index (χ0v) is 17.8. The largest absolute Gasteiger partial charge is 0.494 e. The van der Waals surface area contributed by atoms with Gasteiger partial charge in [0.15, 0.2) is 6.61 Å². The Bertz CT molecular complexity index is 864. The highest BCUT2D eigenvalue weighted by molar-refractivity contribution is 5.99. The number of carbonyl (C=O) groups excluding carboxylic acids is 2. The summed E-state index contributed by atoms with van der Waals surface area (Å²) in [5, 5.41) is 2.90. The molecule has 6 heteroatoms. The van der Waals surface area contributed by atoms with Gasteiger partial charge in [-0.1, -0.05) is 32.4 Å². The Hall–Kier alpha value is -3.02. The van der Waals surface area contributed by atoms with E-state index in [1.54, 1.807) is 23.1 Å². The minimum absolute atomic E-state index is 0.0195. The summed E-state index contributed by atoms with van der Waals surface area (Å²) in [6.45, 7) is 5.23. The number of hydrogen-bond donors (Lipinski definition) is 1. The lowest BCUT2D eigenvalue weighted by Crippen LogP contribution is -2.39. The number of hydrogen-bond acceptors (Lipinski definition) is 4. The van der Waals surface area contributed by atoms with Gasteiger partial charge in [-0.25, -0.2) is 0 Å². The molecule has 0 bridgehead atoms. The molecular weight excluding hydrogens is 380 g/mol. The Kier molecular flexibility index (Phi) is 7.71. The van der Waals surface area contributed by atoms with Gasteiger partial charge in [-0.15, -0.1) is 0 Å². The quantitative estimate of drug-likeness (QED) is 0.583. The second kappa shape index (κ2) is 10.7. The molecule has 0 aromatic heterocycles. The van der Waals surface area contributed by atoms with Crippen molar-refractivity contribution in [3.63, 3.8) is 0 Å². The lowest BCUT2D eigenvalue weighted by molar-refractivity contribution is -0.121. The Labute approximate surface area is 178 Å². The average molecular weight is 411 g/mol. The van der Waals surface area contributed by atoms with Crippen molar-refractivity contribution in [2.75, 3.05) is 30.0 Å². The van der Waals surface area contributed by atoms with Crippen LogP contribution in [0.15, 0.2) is 42.5 Å². The van der Waals surface area contributed by atoms with Crippen molar-refractivity contribution < 1.29 is 19.1 Å². The highest BCUT2D eigenvalue weighted by Crippen LogP contribution is 2.34. The predicted molar refractivity (Wildman–Crippen MR) is 118 cm³/mol. The maximum absolute atomic E-state index is 12.4. The number of rotatable bonds is 10. The number of benzene rings is 2. The Morgan fingerprint density at radius 2 is 1.93 bits per heavy atom. The van der Waals surface area contributed by atoms with Gasteiger partial charge < -0.3 is 19.7 Å². The average Bonchev–Trinajstić information content (AvgIpc) is 2.77. The smallest absolute Gasteiger partial charge is 0.265 e. The van der Waals surface area contributed by atoms with E-state index in [-0.39, 0.29) is 18.4 Å². The van der Waals surface area contributed by atoms with E-state index >= 15 is 0 Å². The monoisotopic (exact) mass is 410 g/mol. The van der Waals surface area contributed by atoms with Gasteiger partial charge in [-0.2, -0.15) is 0 Å². The minimum atomic E-state index is -0.0933. The van der Waals surface area contributed by atoms with Crippen molar-refractivity contribution in [3.05, 3.63) is 48.0 Å². The van der Waals surface area contributed by atoms with Crippen LogP contribution >= 0.6 is 0 Å². The minimum Gasteiger partial charge on any atom is -0.494 e. The number of nitrogens with one attached hydrogen (secondary N) is 1. The first kappa shape index (κ1) is 21.7. The van der Waals surface area contributed by atoms with E-state index in [0.717, 1.165) is 25.0 Å². The van der Waals surface area contributed by atoms with E-state index < -0.39 is 0 Å². The molecule has 2 aromatic rings. The summed E-state index contributed by atoms with van der Waals surface area (Å²) < 4.78 is 11.4. The normalized spacial score (nSPS) is 12.9. The first-order valence-corrected chi connectivity index (χ1v) is 10.7. The van der Waals surface area contributed by atoms with Crippen LogP contribution in [-0.4, -0.2) is 31.6 Å². The summed E-state index contributed by atoms with van der Waals surface area (Å²) in [7, 11) is 0. The van der Waals surface area contributed by atoms with Crippen molar-refractivity contribution in [2.45, 2.75) is 46.0 Å². The van der Waals surface area contributed by atoms with E-state index in [9.17, 15) is 9.59 Å². The molecule has 2 aromatic carbocycles. The molecule has 0 aliphatic carbocycles. The number of anilines is 2. The number of amides is 2. The van der Waals surface area contributed by atoms with Crippen LogP contribution in [0.25, 0.3) is 0 Å². The van der Waals surface area contributed by atoms with Crippen LogP contribution in [0, 0.1) is 0 Å². The van der Waals surface area contributed by atoms with Gasteiger partial charge in [0.05, 0.1) is 12.3 Å². The molecule has 0 unspecified atom stereocenters. The molecule has 6 nitrogen and oxygen atoms in total. The Morgan fingerprint density at radius 3 is 2.67 bits per heavy atom. The molecule has 0 radical (unpaired) electrons. The van der Waals surface area contributed by atoms with Crippen LogP contribution in [0.3, 0.4) is 0 Å². The van der Waals surface area contributed by atoms with E-state index in [1.165, 1.54) is 5.56 Å². The van der Waals surface area contributed by atoms with Crippen molar-refractivity contribution >= 4 is 23.2 Å². The summed E-state index contributed by atoms with van der Waals surface area (Å²) >= 11 is 0. The summed E-state index contributed by atoms with van der Waals surface area (Å²) in [5.41, 5.74) is 2.63. The van der Waals surface area contributed by atoms with E-state index in [0.29, 0.717) is 43.1 Å². The van der Waals surface area contributed by atoms with Crippen molar-refractivity contribution in [1.82, 2.24) is 0 Å². The zero-order chi connectivity index (χ0) is 21.3. The Balaban J connectivity index is 1.59. The van der Waals surface area contributed by atoms with Crippen LogP contribution in [0.1, 0.15) is 45.1 Å². The highest BCUT2D eigenvalue weighted by atomic mass is 16.5. The van der Waals surface area contributed by atoms with Gasteiger partial charge in [0.1, 0.15) is 11.5 Å². The third-order valence-corrected chi connectivity index (χ3v) is 5.07. The topological polar surface area (TPSA) is 67.9 Å². The Morgan fingerprint density at radius 1 is 1.13 bits per heavy atom. The first-order chi connectivity index (χ1) is 14.6. The molecule has 1 heterocycles. The van der Waals surface area contributed by atoms with E-state index in [2.05, 4.69) is 31.3 Å². The molecule has 0 spiro atoms. The fourth-order valence-corrected chi connectivity index (χ4v) is 3.32. The summed E-state index contributed by atoms with van der Waals surface area (Å²) in [4.78, 5) is 26.2. The van der Waals surface area contributed by atoms with Gasteiger partial charge in [0.25, 0.3) is 5.91 Å². The van der Waals surface area contributed by atoms with Gasteiger partial charge in [-0.05, 0) is 55.2 Å². The number of nitrogens with zero attached hydrogens (tertiary/aromatic N) is 1. The molecular formula is C24H30N2O4. The van der Waals surface area contributed by atoms with Crippen molar-refractivity contribution in [2.24, 2.45) is 0 Å². The van der Waals surface area contributed by atoms with E-state index in [4.69, 9.17) is 9.47 Å². The molecule has 0 saturated carbocycles. The van der Waals surface area contributed by atoms with Crippen LogP contribution in [0.2, 0.25) is 0 Å². The SMILES string of the molecule is CCCCC(=O)Nc1ccc2c(c1)N(CCCOc1ccc(CC)cc1)C(=O)CO2. The van der Waals surface area contributed by atoms with E-state index in [1.807, 2.05) is 12.1 Å². The van der Waals surface area contributed by atoms with Gasteiger partial charge in [-0.3, -0.25) is 9.59 Å². The molecule has 0 fully saturated rings. The summed E-state index contributed by atoms with van der Waals surface area (Å²) in [6.07, 6.45) is 4.00. The van der Waals surface area contributed by atoms with Gasteiger partial charge in [0, 0.05) is 18.7 Å². The maximum atomic E-state index is 12.4. The van der Waals surface area contributed by atoms with Gasteiger partial charge in [0.2, 0.25) is 5.91 Å². The number of fused-ring (bicyclic) bond motifs is 1. The third-order valence-electron chi connectivity index (χ3n) is 5.07. The zero-order valence-electron chi connectivity index (χ0n) is 17.8. The first-order valence-electron chi connectivity index (χ1n) is 10.7. The number of ether oxygens (including phenoxy) is 2. The van der Waals surface area contributed by atoms with Crippen molar-refractivity contribution in [3.8, 4) is 11.5 Å². The fourth-order valence-electron chi connectivity index (χ4n) is 3.32. The van der Waals surface area contributed by atoms with Crippen LogP contribution in [0.4, 0.5) is 11.4 Å². The van der Waals surface area contributed by atoms with Crippen LogP contribution < -0.4 is 19.7 Å². The highest BCUT2D eigenvalue weighted by Gasteiger charge is 2.25. The number of aryl methyl sites for hydroxylation is 1. The second-order valence-corrected chi connectivity index (χ2v) is 7.37. The molecule has 3 rings (SSSR count). The molecule has 30 heavy (non-hydrogen) atoms. The predicted octanol–water partition coefficient (Wildman–Crippen LogP) is 4.57. The molecule has 1 N–H and O–H groups in total. The number of unbranched alkanes of at least 4 members (excludes halogenated alkanes) is 1. The molecule has 160 valence electrons. The van der Waals surface area contributed by atoms with Crippen molar-refractivity contribution in [1.29, 1.82) is 0 Å². The molecule has 2 amide bonds. The number of carbonyl (C=O) groups is 2. The standard InChI is InChI=1S/C24H30N2O4/c1-3-5-7-23(27)25-19-10-13-22-21(16-19)26(24(28)17-30-22)14-6-15-29-20-11-8-18(4-2)9-12-20/h8-13,16H,3-7,14-15,17H2,1-2H3,(H,25,27). The van der Waals surface area contributed by atoms with Gasteiger partial charge >= 0.3 is 0 Å². The summed E-state index contributed by atoms with van der Waals surface area (Å²) in [5.74, 6) is 1.37. The molecule has 1 aliphatic heterocycles. The third kappa shape index (κ3) is 5.75.